The Balaban J connectivity index is 2.43. The molecule has 0 aromatic heterocycles. The summed E-state index contributed by atoms with van der Waals surface area (Å²) in [5.41, 5.74) is -4.80. The van der Waals surface area contributed by atoms with Crippen LogP contribution in [0.1, 0.15) is 13.8 Å². The third-order valence-corrected chi connectivity index (χ3v) is 5.04. The van der Waals surface area contributed by atoms with E-state index in [-0.39, 0.29) is 12.1 Å². The highest BCUT2D eigenvalue weighted by atomic mass is 32.2. The van der Waals surface area contributed by atoms with Gasteiger partial charge < -0.3 is 10.2 Å². The molecule has 0 bridgehead atoms. The minimum Gasteiger partial charge on any atom is -0.364 e. The van der Waals surface area contributed by atoms with Gasteiger partial charge in [-0.2, -0.15) is 13.2 Å². The summed E-state index contributed by atoms with van der Waals surface area (Å²) in [7, 11) is -5.31. The van der Waals surface area contributed by atoms with Crippen LogP contribution in [-0.4, -0.2) is 39.1 Å². The highest BCUT2D eigenvalue weighted by Crippen LogP contribution is 2.33. The third kappa shape index (κ3) is 3.01. The normalized spacial score (nSPS) is 24.1. The molecule has 0 radical (unpaired) electrons. The van der Waals surface area contributed by atoms with Crippen LogP contribution in [0.25, 0.3) is 0 Å². The number of anilines is 1. The summed E-state index contributed by atoms with van der Waals surface area (Å²) in [6.45, 7) is 5.27. The molecule has 21 heavy (non-hydrogen) atoms. The third-order valence-electron chi connectivity index (χ3n) is 3.56. The molecule has 1 aliphatic heterocycles. The first-order valence-corrected chi connectivity index (χ1v) is 8.03. The van der Waals surface area contributed by atoms with Gasteiger partial charge in [0.15, 0.2) is 0 Å². The Labute approximate surface area is 121 Å². The fraction of sp³-hybridized carbons (Fsp3) is 0.538. The molecule has 4 nitrogen and oxygen atoms in total. The van der Waals surface area contributed by atoms with E-state index in [1.165, 1.54) is 6.07 Å². The Hall–Kier alpha value is -1.28. The van der Waals surface area contributed by atoms with E-state index in [0.717, 1.165) is 12.1 Å². The summed E-state index contributed by atoms with van der Waals surface area (Å²) < 4.78 is 60.9. The molecule has 2 unspecified atom stereocenters. The maximum Gasteiger partial charge on any atom is 0.501 e. The quantitative estimate of drug-likeness (QED) is 0.907. The van der Waals surface area contributed by atoms with Gasteiger partial charge in [0.25, 0.3) is 9.84 Å². The van der Waals surface area contributed by atoms with Crippen LogP contribution < -0.4 is 10.2 Å². The molecule has 1 fully saturated rings. The standard InChI is InChI=1S/C13H17F3N2O2S/c1-9-7-17-8-10(2)18(9)11-4-3-5-12(6-11)21(19,20)13(14,15)16/h3-6,9-10,17H,7-8H2,1-2H3. The first-order valence-electron chi connectivity index (χ1n) is 6.55. The number of benzene rings is 1. The summed E-state index contributed by atoms with van der Waals surface area (Å²) in [4.78, 5) is 1.22. The van der Waals surface area contributed by atoms with Crippen LogP contribution in [0.15, 0.2) is 29.2 Å². The van der Waals surface area contributed by atoms with E-state index >= 15 is 0 Å². The fourth-order valence-corrected chi connectivity index (χ4v) is 3.39. The average molecular weight is 322 g/mol. The van der Waals surface area contributed by atoms with Gasteiger partial charge in [0.2, 0.25) is 0 Å². The zero-order valence-electron chi connectivity index (χ0n) is 11.7. The zero-order valence-corrected chi connectivity index (χ0v) is 12.5. The molecule has 1 N–H and O–H groups in total. The minimum absolute atomic E-state index is 0.0672. The maximum absolute atomic E-state index is 12.6. The number of piperazine rings is 1. The van der Waals surface area contributed by atoms with Crippen LogP contribution in [0.2, 0.25) is 0 Å². The Morgan fingerprint density at radius 3 is 2.29 bits per heavy atom. The van der Waals surface area contributed by atoms with Crippen LogP contribution >= 0.6 is 0 Å². The molecule has 2 atom stereocenters. The highest BCUT2D eigenvalue weighted by molar-refractivity contribution is 7.92. The number of hydrogen-bond acceptors (Lipinski definition) is 4. The number of hydrogen-bond donors (Lipinski definition) is 1. The lowest BCUT2D eigenvalue weighted by Crippen LogP contribution is -2.55. The Morgan fingerprint density at radius 2 is 1.76 bits per heavy atom. The number of nitrogens with one attached hydrogen (secondary N) is 1. The molecule has 8 heteroatoms. The predicted molar refractivity (Wildman–Crippen MR) is 74.0 cm³/mol. The second-order valence-corrected chi connectivity index (χ2v) is 7.15. The molecule has 118 valence electrons. The molecule has 1 aliphatic rings. The molecule has 0 amide bonds. The Kier molecular flexibility index (Phi) is 4.21. The zero-order chi connectivity index (χ0) is 15.8. The Bertz CT molecular complexity index is 606. The number of rotatable bonds is 2. The van der Waals surface area contributed by atoms with Crippen LogP contribution in [-0.2, 0) is 9.84 Å². The summed E-state index contributed by atoms with van der Waals surface area (Å²) in [5, 5.41) is 3.21. The molecule has 1 aromatic rings. The van der Waals surface area contributed by atoms with Crippen molar-refractivity contribution >= 4 is 15.5 Å². The molecule has 0 aliphatic carbocycles. The lowest BCUT2D eigenvalue weighted by atomic mass is 10.1. The first-order chi connectivity index (χ1) is 9.64. The van der Waals surface area contributed by atoms with Gasteiger partial charge in [-0.1, -0.05) is 6.07 Å². The van der Waals surface area contributed by atoms with Gasteiger partial charge in [-0.15, -0.1) is 0 Å². The van der Waals surface area contributed by atoms with E-state index in [1.54, 1.807) is 6.07 Å². The van der Waals surface area contributed by atoms with Gasteiger partial charge in [0.1, 0.15) is 0 Å². The second-order valence-electron chi connectivity index (χ2n) is 5.21. The lowest BCUT2D eigenvalue weighted by Gasteiger charge is -2.41. The van der Waals surface area contributed by atoms with E-state index < -0.39 is 20.2 Å². The number of alkyl halides is 3. The summed E-state index contributed by atoms with van der Waals surface area (Å²) >= 11 is 0. The predicted octanol–water partition coefficient (Wildman–Crippen LogP) is 2.17. The first kappa shape index (κ1) is 16.1. The fourth-order valence-electron chi connectivity index (χ4n) is 2.59. The van der Waals surface area contributed by atoms with E-state index in [9.17, 15) is 21.6 Å². The molecule has 1 saturated heterocycles. The summed E-state index contributed by atoms with van der Waals surface area (Å²) in [6.07, 6.45) is 0. The van der Waals surface area contributed by atoms with Crippen molar-refractivity contribution in [3.63, 3.8) is 0 Å². The van der Waals surface area contributed by atoms with E-state index in [1.807, 2.05) is 18.7 Å². The van der Waals surface area contributed by atoms with Crippen molar-refractivity contribution in [3.05, 3.63) is 24.3 Å². The number of halogens is 3. The number of sulfone groups is 1. The van der Waals surface area contributed by atoms with Gasteiger partial charge in [-0.3, -0.25) is 0 Å². The molecular weight excluding hydrogens is 305 g/mol. The van der Waals surface area contributed by atoms with Crippen molar-refractivity contribution in [2.45, 2.75) is 36.3 Å². The smallest absolute Gasteiger partial charge is 0.364 e. The van der Waals surface area contributed by atoms with E-state index in [2.05, 4.69) is 5.32 Å². The van der Waals surface area contributed by atoms with Crippen molar-refractivity contribution < 1.29 is 21.6 Å². The largest absolute Gasteiger partial charge is 0.501 e. The van der Waals surface area contributed by atoms with Crippen molar-refractivity contribution in [1.29, 1.82) is 0 Å². The highest BCUT2D eigenvalue weighted by Gasteiger charge is 2.47. The molecule has 2 rings (SSSR count). The summed E-state index contributed by atoms with van der Waals surface area (Å²) in [6, 6.07) is 5.18. The van der Waals surface area contributed by atoms with Gasteiger partial charge in [0.05, 0.1) is 4.90 Å². The average Bonchev–Trinajstić information content (AvgIpc) is 2.37. The lowest BCUT2D eigenvalue weighted by molar-refractivity contribution is -0.0435. The van der Waals surface area contributed by atoms with Crippen LogP contribution in [0.5, 0.6) is 0 Å². The van der Waals surface area contributed by atoms with Gasteiger partial charge in [0, 0.05) is 30.9 Å². The van der Waals surface area contributed by atoms with Crippen molar-refractivity contribution in [3.8, 4) is 0 Å². The SMILES string of the molecule is CC1CNCC(C)N1c1cccc(S(=O)(=O)C(F)(F)F)c1. The molecular formula is C13H17F3N2O2S. The van der Waals surface area contributed by atoms with Crippen molar-refractivity contribution in [1.82, 2.24) is 5.32 Å². The molecule has 0 spiro atoms. The van der Waals surface area contributed by atoms with Gasteiger partial charge in [-0.05, 0) is 32.0 Å². The molecule has 0 saturated carbocycles. The topological polar surface area (TPSA) is 49.4 Å². The van der Waals surface area contributed by atoms with Crippen LogP contribution in [0, 0.1) is 0 Å². The maximum atomic E-state index is 12.6. The number of nitrogens with zero attached hydrogens (tertiary/aromatic N) is 1. The second kappa shape index (κ2) is 5.49. The monoisotopic (exact) mass is 322 g/mol. The summed E-state index contributed by atoms with van der Waals surface area (Å²) in [5.74, 6) is 0. The molecule has 1 aromatic carbocycles. The molecule has 1 heterocycles. The van der Waals surface area contributed by atoms with E-state index in [0.29, 0.717) is 18.8 Å². The van der Waals surface area contributed by atoms with Gasteiger partial charge in [-0.25, -0.2) is 8.42 Å². The van der Waals surface area contributed by atoms with Crippen molar-refractivity contribution in [2.24, 2.45) is 0 Å². The van der Waals surface area contributed by atoms with E-state index in [4.69, 9.17) is 0 Å². The minimum atomic E-state index is -5.31. The van der Waals surface area contributed by atoms with Crippen LogP contribution in [0.4, 0.5) is 18.9 Å². The van der Waals surface area contributed by atoms with Crippen LogP contribution in [0.3, 0.4) is 0 Å². The van der Waals surface area contributed by atoms with Crippen molar-refractivity contribution in [2.75, 3.05) is 18.0 Å². The Morgan fingerprint density at radius 1 is 1.19 bits per heavy atom. The van der Waals surface area contributed by atoms with Gasteiger partial charge >= 0.3 is 5.51 Å².